The normalized spacial score (nSPS) is 17.6. The molecule has 0 spiro atoms. The number of anilines is 1. The van der Waals surface area contributed by atoms with Crippen LogP contribution in [0.25, 0.3) is 0 Å². The Morgan fingerprint density at radius 1 is 0.860 bits per heavy atom. The summed E-state index contributed by atoms with van der Waals surface area (Å²) < 4.78 is 15.6. The maximum Gasteiger partial charge on any atom is 0.338 e. The average Bonchev–Trinajstić information content (AvgIpc) is 3.32. The summed E-state index contributed by atoms with van der Waals surface area (Å²) in [5.41, 5.74) is 2.17. The minimum atomic E-state index is -0.697. The summed E-state index contributed by atoms with van der Waals surface area (Å²) >= 11 is 0. The quantitative estimate of drug-likeness (QED) is 0.205. The predicted octanol–water partition coefficient (Wildman–Crippen LogP) is 3.63. The summed E-state index contributed by atoms with van der Waals surface area (Å²) in [5.74, 6) is -0.819. The summed E-state index contributed by atoms with van der Waals surface area (Å²) in [6, 6.07) is 20.6. The van der Waals surface area contributed by atoms with Crippen LogP contribution >= 0.6 is 0 Å². The summed E-state index contributed by atoms with van der Waals surface area (Å²) in [5, 5.41) is 3.41. The second-order valence-corrected chi connectivity index (χ2v) is 10.6. The fourth-order valence-corrected chi connectivity index (χ4v) is 5.47. The first kappa shape index (κ1) is 29.9. The highest BCUT2D eigenvalue weighted by molar-refractivity contribution is 6.22. The van der Waals surface area contributed by atoms with E-state index < -0.39 is 24.4 Å². The first-order valence-electron chi connectivity index (χ1n) is 14.3. The number of nitrogens with zero attached hydrogens (tertiary/aromatic N) is 2. The van der Waals surface area contributed by atoms with Crippen molar-refractivity contribution < 1.29 is 33.4 Å². The Hall–Kier alpha value is -4.54. The van der Waals surface area contributed by atoms with Crippen LogP contribution < -0.4 is 19.7 Å². The molecule has 3 aromatic rings. The minimum Gasteiger partial charge on any atom is -0.493 e. The lowest BCUT2D eigenvalue weighted by molar-refractivity contribution is -0.121. The van der Waals surface area contributed by atoms with Gasteiger partial charge in [-0.2, -0.15) is 0 Å². The van der Waals surface area contributed by atoms with E-state index >= 15 is 0 Å². The largest absolute Gasteiger partial charge is 0.493 e. The number of hydrogen-bond donors (Lipinski definition) is 1. The third-order valence-electron chi connectivity index (χ3n) is 7.82. The number of methoxy groups -OCH3 is 2. The maximum absolute atomic E-state index is 13.2. The molecule has 2 amide bonds. The molecule has 224 valence electrons. The van der Waals surface area contributed by atoms with Gasteiger partial charge in [0.05, 0.1) is 37.9 Å². The molecule has 0 aliphatic carbocycles. The van der Waals surface area contributed by atoms with Crippen molar-refractivity contribution in [2.24, 2.45) is 0 Å². The number of likely N-dealkylation sites (tertiary alicyclic amines) is 1. The number of esters is 1. The number of carbonyl (C=O) groups excluding carboxylic acids is 4. The molecule has 2 saturated heterocycles. The van der Waals surface area contributed by atoms with E-state index in [-0.39, 0.29) is 29.8 Å². The van der Waals surface area contributed by atoms with Crippen LogP contribution in [0.3, 0.4) is 0 Å². The van der Waals surface area contributed by atoms with Crippen LogP contribution in [-0.2, 0) is 20.9 Å². The van der Waals surface area contributed by atoms with Gasteiger partial charge >= 0.3 is 5.97 Å². The Kier molecular flexibility index (Phi) is 9.48. The van der Waals surface area contributed by atoms with Gasteiger partial charge in [0.2, 0.25) is 5.91 Å². The highest BCUT2D eigenvalue weighted by Gasteiger charge is 2.40. The lowest BCUT2D eigenvalue weighted by Gasteiger charge is -2.33. The van der Waals surface area contributed by atoms with Gasteiger partial charge < -0.3 is 19.5 Å². The number of ether oxygens (including phenoxy) is 3. The third kappa shape index (κ3) is 7.10. The van der Waals surface area contributed by atoms with Crippen molar-refractivity contribution in [1.29, 1.82) is 0 Å². The molecule has 0 radical (unpaired) electrons. The number of ketones is 1. The zero-order valence-electron chi connectivity index (χ0n) is 24.3. The molecule has 10 heteroatoms. The fraction of sp³-hybridized carbons (Fsp3) is 0.333. The van der Waals surface area contributed by atoms with Crippen LogP contribution in [-0.4, -0.2) is 74.5 Å². The number of amides is 2. The number of Topliss-reactive ketones (excluding diaryl/α,β-unsaturated/α-hetero) is 1. The van der Waals surface area contributed by atoms with Crippen LogP contribution in [0.15, 0.2) is 72.8 Å². The standard InChI is InChI=1S/C33H35N3O7/c1-41-29-13-10-24(18-30(29)42-2)28(37)21-43-33(40)23-8-11-26(12-9-23)36-31(38)19-27(32(36)39)34-25-14-16-35(17-15-25)20-22-6-4-3-5-7-22/h3-13,18,25,27,34H,14-17,19-21H2,1-2H3. The average molecular weight is 586 g/mol. The van der Waals surface area contributed by atoms with Crippen molar-refractivity contribution in [2.45, 2.75) is 37.9 Å². The molecule has 2 heterocycles. The van der Waals surface area contributed by atoms with Crippen molar-refractivity contribution >= 4 is 29.3 Å². The first-order chi connectivity index (χ1) is 20.9. The van der Waals surface area contributed by atoms with Gasteiger partial charge in [0.15, 0.2) is 23.9 Å². The molecule has 2 aliphatic heterocycles. The fourth-order valence-electron chi connectivity index (χ4n) is 5.47. The van der Waals surface area contributed by atoms with E-state index in [1.54, 1.807) is 12.1 Å². The van der Waals surface area contributed by atoms with Crippen molar-refractivity contribution in [3.8, 4) is 11.5 Å². The van der Waals surface area contributed by atoms with Crippen molar-refractivity contribution in [1.82, 2.24) is 10.2 Å². The van der Waals surface area contributed by atoms with Crippen molar-refractivity contribution in [3.05, 3.63) is 89.5 Å². The van der Waals surface area contributed by atoms with E-state index in [9.17, 15) is 19.2 Å². The number of benzene rings is 3. The highest BCUT2D eigenvalue weighted by Crippen LogP contribution is 2.28. The Balaban J connectivity index is 1.11. The summed E-state index contributed by atoms with van der Waals surface area (Å²) in [6.07, 6.45) is 1.89. The van der Waals surface area contributed by atoms with Crippen molar-refractivity contribution in [2.75, 3.05) is 38.8 Å². The zero-order chi connectivity index (χ0) is 30.3. The smallest absolute Gasteiger partial charge is 0.338 e. The van der Waals surface area contributed by atoms with Crippen LogP contribution in [0.4, 0.5) is 5.69 Å². The van der Waals surface area contributed by atoms with E-state index in [0.29, 0.717) is 22.7 Å². The van der Waals surface area contributed by atoms with Crippen LogP contribution in [0, 0.1) is 0 Å². The molecule has 2 aliphatic rings. The van der Waals surface area contributed by atoms with E-state index in [2.05, 4.69) is 22.3 Å². The summed E-state index contributed by atoms with van der Waals surface area (Å²) in [7, 11) is 2.96. The Bertz CT molecular complexity index is 1470. The lowest BCUT2D eigenvalue weighted by atomic mass is 10.0. The monoisotopic (exact) mass is 585 g/mol. The minimum absolute atomic E-state index is 0.0884. The third-order valence-corrected chi connectivity index (χ3v) is 7.82. The molecule has 1 unspecified atom stereocenters. The number of imide groups is 1. The van der Waals surface area contributed by atoms with Gasteiger partial charge in [-0.25, -0.2) is 9.69 Å². The second-order valence-electron chi connectivity index (χ2n) is 10.6. The molecular weight excluding hydrogens is 550 g/mol. The van der Waals surface area contributed by atoms with Crippen molar-refractivity contribution in [3.63, 3.8) is 0 Å². The number of piperidine rings is 1. The van der Waals surface area contributed by atoms with Crippen LogP contribution in [0.1, 0.15) is 45.5 Å². The maximum atomic E-state index is 13.2. The van der Waals surface area contributed by atoms with Crippen LogP contribution in [0.5, 0.6) is 11.5 Å². The van der Waals surface area contributed by atoms with Gasteiger partial charge in [0.1, 0.15) is 0 Å². The number of carbonyl (C=O) groups is 4. The van der Waals surface area contributed by atoms with E-state index in [1.807, 2.05) is 18.2 Å². The topological polar surface area (TPSA) is 114 Å². The molecule has 1 N–H and O–H groups in total. The number of nitrogens with one attached hydrogen (secondary N) is 1. The summed E-state index contributed by atoms with van der Waals surface area (Å²) in [6.45, 7) is 2.28. The van der Waals surface area contributed by atoms with Gasteiger partial charge in [-0.1, -0.05) is 30.3 Å². The Morgan fingerprint density at radius 3 is 2.21 bits per heavy atom. The van der Waals surface area contributed by atoms with Gasteiger partial charge in [0.25, 0.3) is 5.91 Å². The lowest BCUT2D eigenvalue weighted by Crippen LogP contribution is -2.48. The molecule has 10 nitrogen and oxygen atoms in total. The highest BCUT2D eigenvalue weighted by atomic mass is 16.5. The van der Waals surface area contributed by atoms with Gasteiger partial charge in [-0.3, -0.25) is 19.3 Å². The van der Waals surface area contributed by atoms with Gasteiger partial charge in [-0.05, 0) is 74.0 Å². The summed E-state index contributed by atoms with van der Waals surface area (Å²) in [4.78, 5) is 54.7. The molecule has 0 aromatic heterocycles. The molecule has 0 bridgehead atoms. The molecule has 43 heavy (non-hydrogen) atoms. The zero-order valence-corrected chi connectivity index (χ0v) is 24.3. The van der Waals surface area contributed by atoms with Crippen LogP contribution in [0.2, 0.25) is 0 Å². The SMILES string of the molecule is COc1ccc(C(=O)COC(=O)c2ccc(N3C(=O)CC(NC4CCN(Cc5ccccc5)CC4)C3=O)cc2)cc1OC. The second kappa shape index (κ2) is 13.6. The molecule has 5 rings (SSSR count). The van der Waals surface area contributed by atoms with E-state index in [4.69, 9.17) is 14.2 Å². The Morgan fingerprint density at radius 2 is 1.53 bits per heavy atom. The van der Waals surface area contributed by atoms with E-state index in [1.165, 1.54) is 50.1 Å². The molecular formula is C33H35N3O7. The predicted molar refractivity (Wildman–Crippen MR) is 159 cm³/mol. The first-order valence-corrected chi connectivity index (χ1v) is 14.3. The van der Waals surface area contributed by atoms with Gasteiger partial charge in [0, 0.05) is 18.2 Å². The molecule has 0 saturated carbocycles. The van der Waals surface area contributed by atoms with E-state index in [0.717, 1.165) is 37.4 Å². The molecule has 1 atom stereocenters. The van der Waals surface area contributed by atoms with Gasteiger partial charge in [-0.15, -0.1) is 0 Å². The molecule has 2 fully saturated rings. The number of hydrogen-bond acceptors (Lipinski definition) is 9. The molecule has 3 aromatic carbocycles. The number of rotatable bonds is 11. The Labute approximate surface area is 250 Å².